The van der Waals surface area contributed by atoms with E-state index in [1.165, 1.54) is 11.8 Å². The molecule has 0 aliphatic rings. The second-order valence-corrected chi connectivity index (χ2v) is 6.61. The van der Waals surface area contributed by atoms with Gasteiger partial charge in [0.15, 0.2) is 10.9 Å². The molecule has 0 saturated heterocycles. The minimum Gasteiger partial charge on any atom is -0.458 e. The Morgan fingerprint density at radius 1 is 1.12 bits per heavy atom. The van der Waals surface area contributed by atoms with Crippen molar-refractivity contribution in [2.75, 3.05) is 12.5 Å². The summed E-state index contributed by atoms with van der Waals surface area (Å²) in [5.74, 6) is 2.08. The van der Waals surface area contributed by atoms with Gasteiger partial charge in [0.05, 0.1) is 22.3 Å². The highest BCUT2D eigenvalue weighted by molar-refractivity contribution is 7.99. The second kappa shape index (κ2) is 8.25. The fourth-order valence-electron chi connectivity index (χ4n) is 2.18. The first-order chi connectivity index (χ1) is 12.1. The molecule has 0 radical (unpaired) electrons. The van der Waals surface area contributed by atoms with E-state index in [1.54, 1.807) is 22.8 Å². The van der Waals surface area contributed by atoms with Gasteiger partial charge in [0.25, 0.3) is 0 Å². The lowest BCUT2D eigenvalue weighted by molar-refractivity contribution is -0.275. The summed E-state index contributed by atoms with van der Waals surface area (Å²) in [7, 11) is 0. The molecule has 0 amide bonds. The van der Waals surface area contributed by atoms with E-state index >= 15 is 0 Å². The highest BCUT2D eigenvalue weighted by Gasteiger charge is 2.22. The van der Waals surface area contributed by atoms with Crippen molar-refractivity contribution >= 4 is 35.0 Å². The van der Waals surface area contributed by atoms with Crippen molar-refractivity contribution in [2.24, 2.45) is 0 Å². The van der Waals surface area contributed by atoms with Crippen LogP contribution < -0.4 is 0 Å². The summed E-state index contributed by atoms with van der Waals surface area (Å²) in [6.45, 7) is 4.16. The number of furan rings is 1. The molecule has 132 valence electrons. The third-order valence-corrected chi connectivity index (χ3v) is 4.54. The lowest BCUT2D eigenvalue weighted by Crippen LogP contribution is -2.02. The highest BCUT2D eigenvalue weighted by Crippen LogP contribution is 2.35. The summed E-state index contributed by atoms with van der Waals surface area (Å²) in [6, 6.07) is 8.97. The van der Waals surface area contributed by atoms with Crippen LogP contribution in [-0.2, 0) is 9.78 Å². The van der Waals surface area contributed by atoms with Gasteiger partial charge in [-0.25, -0.2) is 9.78 Å². The Labute approximate surface area is 159 Å². The highest BCUT2D eigenvalue weighted by atomic mass is 35.5. The minimum absolute atomic E-state index is 0.241. The van der Waals surface area contributed by atoms with E-state index < -0.39 is 0 Å². The zero-order valence-corrected chi connectivity index (χ0v) is 15.9. The molecule has 0 bridgehead atoms. The molecular formula is C16H15Cl2N3O3S. The number of halogens is 2. The minimum atomic E-state index is 0.241. The normalized spacial score (nSPS) is 11.2. The van der Waals surface area contributed by atoms with Gasteiger partial charge in [-0.05, 0) is 38.1 Å². The lowest BCUT2D eigenvalue weighted by atomic mass is 10.3. The van der Waals surface area contributed by atoms with Gasteiger partial charge >= 0.3 is 0 Å². The standard InChI is InChI=1S/C16H15Cl2N3O3S/c1-3-22-23-9-25-16-20-19-15(13-8-7-10(2)24-13)21(16)14-11(17)5-4-6-12(14)18/h4-8H,3,9H2,1-2H3. The number of benzene rings is 1. The van der Waals surface area contributed by atoms with Crippen LogP contribution in [0, 0.1) is 6.92 Å². The van der Waals surface area contributed by atoms with Gasteiger partial charge in [0, 0.05) is 0 Å². The molecule has 0 saturated carbocycles. The van der Waals surface area contributed by atoms with Crippen LogP contribution in [0.5, 0.6) is 0 Å². The quantitative estimate of drug-likeness (QED) is 0.180. The van der Waals surface area contributed by atoms with Crippen LogP contribution in [0.3, 0.4) is 0 Å². The van der Waals surface area contributed by atoms with Crippen molar-refractivity contribution in [3.05, 3.63) is 46.1 Å². The number of aryl methyl sites for hydroxylation is 1. The molecule has 0 fully saturated rings. The summed E-state index contributed by atoms with van der Waals surface area (Å²) < 4.78 is 7.45. The fraction of sp³-hybridized carbons (Fsp3) is 0.250. The Balaban J connectivity index is 2.07. The lowest BCUT2D eigenvalue weighted by Gasteiger charge is -2.12. The molecular weight excluding hydrogens is 385 g/mol. The zero-order chi connectivity index (χ0) is 17.8. The smallest absolute Gasteiger partial charge is 0.205 e. The molecule has 0 unspecified atom stereocenters. The first-order valence-corrected chi connectivity index (χ1v) is 9.19. The first-order valence-electron chi connectivity index (χ1n) is 7.45. The topological polar surface area (TPSA) is 62.3 Å². The maximum Gasteiger partial charge on any atom is 0.205 e. The molecule has 0 N–H and O–H groups in total. The van der Waals surface area contributed by atoms with Crippen molar-refractivity contribution in [2.45, 2.75) is 19.0 Å². The summed E-state index contributed by atoms with van der Waals surface area (Å²) in [6.07, 6.45) is 0. The van der Waals surface area contributed by atoms with Crippen molar-refractivity contribution in [3.63, 3.8) is 0 Å². The van der Waals surface area contributed by atoms with Crippen LogP contribution in [0.25, 0.3) is 17.3 Å². The third-order valence-electron chi connectivity index (χ3n) is 3.19. The molecule has 0 aliphatic carbocycles. The predicted molar refractivity (Wildman–Crippen MR) is 97.3 cm³/mol. The van der Waals surface area contributed by atoms with Gasteiger partial charge in [-0.1, -0.05) is 41.0 Å². The fourth-order valence-corrected chi connectivity index (χ4v) is 3.37. The summed E-state index contributed by atoms with van der Waals surface area (Å²) in [5, 5.41) is 9.97. The van der Waals surface area contributed by atoms with Crippen LogP contribution >= 0.6 is 35.0 Å². The predicted octanol–water partition coefficient (Wildman–Crippen LogP) is 5.16. The summed E-state index contributed by atoms with van der Waals surface area (Å²) >= 11 is 14.1. The molecule has 9 heteroatoms. The van der Waals surface area contributed by atoms with Gasteiger partial charge in [0.2, 0.25) is 5.82 Å². The number of rotatable bonds is 7. The first kappa shape index (κ1) is 18.3. The number of nitrogens with zero attached hydrogens (tertiary/aromatic N) is 3. The maximum absolute atomic E-state index is 6.38. The molecule has 3 rings (SSSR count). The van der Waals surface area contributed by atoms with E-state index in [2.05, 4.69) is 10.2 Å². The van der Waals surface area contributed by atoms with E-state index in [9.17, 15) is 0 Å². The van der Waals surface area contributed by atoms with Crippen molar-refractivity contribution in [3.8, 4) is 17.3 Å². The van der Waals surface area contributed by atoms with Gasteiger partial charge in [0.1, 0.15) is 11.7 Å². The van der Waals surface area contributed by atoms with Crippen LogP contribution in [0.1, 0.15) is 12.7 Å². The van der Waals surface area contributed by atoms with Gasteiger partial charge in [-0.2, -0.15) is 0 Å². The number of thioether (sulfide) groups is 1. The van der Waals surface area contributed by atoms with Crippen LogP contribution in [-0.4, -0.2) is 27.3 Å². The molecule has 0 spiro atoms. The average molecular weight is 400 g/mol. The zero-order valence-electron chi connectivity index (χ0n) is 13.5. The van der Waals surface area contributed by atoms with E-state index in [1.807, 2.05) is 26.0 Å². The number of hydrogen-bond donors (Lipinski definition) is 0. The van der Waals surface area contributed by atoms with E-state index in [0.29, 0.717) is 39.1 Å². The Morgan fingerprint density at radius 3 is 2.52 bits per heavy atom. The monoisotopic (exact) mass is 399 g/mol. The van der Waals surface area contributed by atoms with Crippen molar-refractivity contribution in [1.29, 1.82) is 0 Å². The Morgan fingerprint density at radius 2 is 1.88 bits per heavy atom. The third kappa shape index (κ3) is 4.02. The van der Waals surface area contributed by atoms with Gasteiger partial charge in [-0.3, -0.25) is 4.57 Å². The van der Waals surface area contributed by atoms with Crippen molar-refractivity contribution < 1.29 is 14.2 Å². The molecule has 1 aromatic carbocycles. The molecule has 25 heavy (non-hydrogen) atoms. The Kier molecular flexibility index (Phi) is 6.03. The molecule has 0 aliphatic heterocycles. The van der Waals surface area contributed by atoms with Crippen molar-refractivity contribution in [1.82, 2.24) is 14.8 Å². The molecule has 0 atom stereocenters. The van der Waals surface area contributed by atoms with Crippen LogP contribution in [0.15, 0.2) is 39.9 Å². The van der Waals surface area contributed by atoms with E-state index in [-0.39, 0.29) is 5.94 Å². The summed E-state index contributed by atoms with van der Waals surface area (Å²) in [4.78, 5) is 9.94. The molecule has 3 aromatic rings. The SMILES string of the molecule is CCOOCSc1nnc(-c2ccc(C)o2)n1-c1c(Cl)cccc1Cl. The number of hydrogen-bond acceptors (Lipinski definition) is 6. The number of aromatic nitrogens is 3. The van der Waals surface area contributed by atoms with E-state index in [4.69, 9.17) is 37.4 Å². The molecule has 2 aromatic heterocycles. The molecule has 2 heterocycles. The maximum atomic E-state index is 6.38. The Hall–Kier alpha value is -1.51. The summed E-state index contributed by atoms with van der Waals surface area (Å²) in [5.41, 5.74) is 0.582. The van der Waals surface area contributed by atoms with Gasteiger partial charge < -0.3 is 4.42 Å². The largest absolute Gasteiger partial charge is 0.458 e. The number of para-hydroxylation sites is 1. The molecule has 6 nitrogen and oxygen atoms in total. The van der Waals surface area contributed by atoms with E-state index in [0.717, 1.165) is 5.76 Å². The van der Waals surface area contributed by atoms with Crippen LogP contribution in [0.4, 0.5) is 0 Å². The Bertz CT molecular complexity index is 846. The second-order valence-electron chi connectivity index (χ2n) is 4.91. The average Bonchev–Trinajstić information content (AvgIpc) is 3.18. The van der Waals surface area contributed by atoms with Gasteiger partial charge in [-0.15, -0.1) is 10.2 Å². The van der Waals surface area contributed by atoms with Crippen LogP contribution in [0.2, 0.25) is 10.0 Å².